The topological polar surface area (TPSA) is 64.8 Å². The molecule has 0 radical (unpaired) electrons. The van der Waals surface area contributed by atoms with Gasteiger partial charge in [0, 0.05) is 19.6 Å². The SMILES string of the molecule is COc1ccc(-c2ccc(C=C3CCN(CCOCC(N)=O)CC3)cc2)cc1. The fourth-order valence-corrected chi connectivity index (χ4v) is 3.37. The van der Waals surface area contributed by atoms with Gasteiger partial charge in [0.15, 0.2) is 0 Å². The van der Waals surface area contributed by atoms with E-state index < -0.39 is 5.91 Å². The van der Waals surface area contributed by atoms with Crippen molar-refractivity contribution in [2.75, 3.05) is 40.0 Å². The lowest BCUT2D eigenvalue weighted by Gasteiger charge is -2.28. The highest BCUT2D eigenvalue weighted by molar-refractivity contribution is 5.75. The molecule has 1 aliphatic rings. The molecule has 1 fully saturated rings. The first-order valence-electron chi connectivity index (χ1n) is 9.66. The van der Waals surface area contributed by atoms with Gasteiger partial charge in [0.2, 0.25) is 5.91 Å². The molecule has 5 heteroatoms. The molecule has 0 bridgehead atoms. The summed E-state index contributed by atoms with van der Waals surface area (Å²) in [6.45, 7) is 3.45. The Morgan fingerprint density at radius 2 is 1.64 bits per heavy atom. The van der Waals surface area contributed by atoms with E-state index in [2.05, 4.69) is 47.4 Å². The average Bonchev–Trinajstić information content (AvgIpc) is 2.73. The largest absolute Gasteiger partial charge is 0.497 e. The number of methoxy groups -OCH3 is 1. The lowest BCUT2D eigenvalue weighted by molar-refractivity contribution is -0.122. The van der Waals surface area contributed by atoms with Crippen molar-refractivity contribution in [3.63, 3.8) is 0 Å². The molecule has 2 aromatic rings. The molecule has 1 aliphatic heterocycles. The van der Waals surface area contributed by atoms with Crippen LogP contribution < -0.4 is 10.5 Å². The van der Waals surface area contributed by atoms with Crippen LogP contribution in [0.2, 0.25) is 0 Å². The lowest BCUT2D eigenvalue weighted by Crippen LogP contribution is -2.34. The van der Waals surface area contributed by atoms with Crippen LogP contribution in [0.4, 0.5) is 0 Å². The minimum absolute atomic E-state index is 0.00547. The molecule has 3 rings (SSSR count). The van der Waals surface area contributed by atoms with E-state index in [1.54, 1.807) is 7.11 Å². The van der Waals surface area contributed by atoms with Gasteiger partial charge in [-0.15, -0.1) is 0 Å². The maximum absolute atomic E-state index is 10.7. The third-order valence-corrected chi connectivity index (χ3v) is 5.00. The van der Waals surface area contributed by atoms with Gasteiger partial charge in [0.25, 0.3) is 0 Å². The van der Waals surface area contributed by atoms with Crippen LogP contribution in [0.3, 0.4) is 0 Å². The number of hydrogen-bond donors (Lipinski definition) is 1. The standard InChI is InChI=1S/C23H28N2O3/c1-27-22-8-6-21(7-9-22)20-4-2-18(3-5-20)16-19-10-12-25(13-11-19)14-15-28-17-23(24)26/h2-9,16H,10-15,17H2,1H3,(H2,24,26). The quantitative estimate of drug-likeness (QED) is 0.714. The van der Waals surface area contributed by atoms with Gasteiger partial charge < -0.3 is 20.1 Å². The first kappa shape index (κ1) is 20.1. The Bertz CT molecular complexity index is 788. The fraction of sp³-hybridized carbons (Fsp3) is 0.348. The predicted octanol–water partition coefficient (Wildman–Crippen LogP) is 3.34. The summed E-state index contributed by atoms with van der Waals surface area (Å²) in [5.41, 5.74) is 10.2. The summed E-state index contributed by atoms with van der Waals surface area (Å²) in [4.78, 5) is 13.0. The van der Waals surface area contributed by atoms with Crippen molar-refractivity contribution in [2.45, 2.75) is 12.8 Å². The summed E-state index contributed by atoms with van der Waals surface area (Å²) >= 11 is 0. The lowest BCUT2D eigenvalue weighted by atomic mass is 9.99. The maximum atomic E-state index is 10.7. The number of carbonyl (C=O) groups is 1. The van der Waals surface area contributed by atoms with E-state index >= 15 is 0 Å². The van der Waals surface area contributed by atoms with Crippen LogP contribution in [0.1, 0.15) is 18.4 Å². The van der Waals surface area contributed by atoms with Crippen LogP contribution >= 0.6 is 0 Å². The zero-order valence-electron chi connectivity index (χ0n) is 16.4. The van der Waals surface area contributed by atoms with E-state index in [0.29, 0.717) is 6.61 Å². The zero-order valence-corrected chi connectivity index (χ0v) is 16.4. The molecule has 28 heavy (non-hydrogen) atoms. The Labute approximate surface area is 166 Å². The van der Waals surface area contributed by atoms with Crippen molar-refractivity contribution in [1.82, 2.24) is 4.90 Å². The first-order chi connectivity index (χ1) is 13.6. The zero-order chi connectivity index (χ0) is 19.8. The number of nitrogens with two attached hydrogens (primary N) is 1. The Balaban J connectivity index is 1.50. The molecular weight excluding hydrogens is 352 g/mol. The number of primary amides is 1. The average molecular weight is 380 g/mol. The van der Waals surface area contributed by atoms with Crippen molar-refractivity contribution in [3.05, 3.63) is 59.7 Å². The van der Waals surface area contributed by atoms with Crippen molar-refractivity contribution in [1.29, 1.82) is 0 Å². The summed E-state index contributed by atoms with van der Waals surface area (Å²) < 4.78 is 10.5. The van der Waals surface area contributed by atoms with Crippen LogP contribution in [0.15, 0.2) is 54.1 Å². The summed E-state index contributed by atoms with van der Waals surface area (Å²) in [6.07, 6.45) is 4.44. The number of benzene rings is 2. The van der Waals surface area contributed by atoms with Gasteiger partial charge >= 0.3 is 0 Å². The molecule has 0 unspecified atom stereocenters. The highest BCUT2D eigenvalue weighted by Gasteiger charge is 2.13. The van der Waals surface area contributed by atoms with Crippen molar-refractivity contribution < 1.29 is 14.3 Å². The number of piperidine rings is 1. The van der Waals surface area contributed by atoms with Crippen LogP contribution in [-0.4, -0.2) is 50.8 Å². The van der Waals surface area contributed by atoms with E-state index in [-0.39, 0.29) is 6.61 Å². The van der Waals surface area contributed by atoms with E-state index in [1.807, 2.05) is 12.1 Å². The highest BCUT2D eigenvalue weighted by atomic mass is 16.5. The maximum Gasteiger partial charge on any atom is 0.243 e. The Morgan fingerprint density at radius 1 is 1.04 bits per heavy atom. The second kappa shape index (κ2) is 10.1. The fourth-order valence-electron chi connectivity index (χ4n) is 3.37. The third-order valence-electron chi connectivity index (χ3n) is 5.00. The molecule has 148 valence electrons. The summed E-state index contributed by atoms with van der Waals surface area (Å²) in [7, 11) is 1.68. The molecule has 0 aromatic heterocycles. The minimum atomic E-state index is -0.415. The van der Waals surface area contributed by atoms with Gasteiger partial charge in [-0.1, -0.05) is 48.0 Å². The summed E-state index contributed by atoms with van der Waals surface area (Å²) in [5.74, 6) is 0.456. The molecule has 2 aromatic carbocycles. The van der Waals surface area contributed by atoms with E-state index in [1.165, 1.54) is 22.3 Å². The molecule has 1 saturated heterocycles. The molecule has 1 heterocycles. The van der Waals surface area contributed by atoms with Crippen molar-refractivity contribution in [3.8, 4) is 16.9 Å². The van der Waals surface area contributed by atoms with Crippen molar-refractivity contribution in [2.24, 2.45) is 5.73 Å². The van der Waals surface area contributed by atoms with Crippen LogP contribution in [0.5, 0.6) is 5.75 Å². The number of hydrogen-bond acceptors (Lipinski definition) is 4. The van der Waals surface area contributed by atoms with E-state index in [4.69, 9.17) is 15.2 Å². The van der Waals surface area contributed by atoms with Gasteiger partial charge in [-0.3, -0.25) is 4.79 Å². The van der Waals surface area contributed by atoms with Gasteiger partial charge in [-0.05, 0) is 41.7 Å². The Hall–Kier alpha value is -2.63. The van der Waals surface area contributed by atoms with Gasteiger partial charge in [-0.2, -0.15) is 0 Å². The Morgan fingerprint density at radius 3 is 2.21 bits per heavy atom. The molecule has 5 nitrogen and oxygen atoms in total. The number of nitrogens with zero attached hydrogens (tertiary/aromatic N) is 1. The number of carbonyl (C=O) groups excluding carboxylic acids is 1. The minimum Gasteiger partial charge on any atom is -0.497 e. The van der Waals surface area contributed by atoms with Gasteiger partial charge in [0.05, 0.1) is 13.7 Å². The molecular formula is C23H28N2O3. The monoisotopic (exact) mass is 380 g/mol. The van der Waals surface area contributed by atoms with E-state index in [0.717, 1.165) is 38.2 Å². The predicted molar refractivity (Wildman–Crippen MR) is 112 cm³/mol. The molecule has 0 atom stereocenters. The van der Waals surface area contributed by atoms with Gasteiger partial charge in [0.1, 0.15) is 12.4 Å². The second-order valence-corrected chi connectivity index (χ2v) is 7.01. The van der Waals surface area contributed by atoms with Gasteiger partial charge in [-0.25, -0.2) is 0 Å². The summed E-state index contributed by atoms with van der Waals surface area (Å²) in [6, 6.07) is 16.8. The molecule has 0 aliphatic carbocycles. The third kappa shape index (κ3) is 5.94. The number of amides is 1. The summed E-state index contributed by atoms with van der Waals surface area (Å²) in [5, 5.41) is 0. The molecule has 0 saturated carbocycles. The molecule has 2 N–H and O–H groups in total. The first-order valence-corrected chi connectivity index (χ1v) is 9.66. The van der Waals surface area contributed by atoms with Crippen molar-refractivity contribution >= 4 is 12.0 Å². The number of likely N-dealkylation sites (tertiary alicyclic amines) is 1. The Kier molecular flexibility index (Phi) is 7.23. The normalized spacial score (nSPS) is 14.7. The molecule has 1 amide bonds. The number of ether oxygens (including phenoxy) is 2. The highest BCUT2D eigenvalue weighted by Crippen LogP contribution is 2.24. The van der Waals surface area contributed by atoms with Crippen LogP contribution in [-0.2, 0) is 9.53 Å². The smallest absolute Gasteiger partial charge is 0.243 e. The van der Waals surface area contributed by atoms with Crippen LogP contribution in [0.25, 0.3) is 17.2 Å². The van der Waals surface area contributed by atoms with Crippen LogP contribution in [0, 0.1) is 0 Å². The van der Waals surface area contributed by atoms with E-state index in [9.17, 15) is 4.79 Å². The number of rotatable bonds is 8. The molecule has 0 spiro atoms. The second-order valence-electron chi connectivity index (χ2n) is 7.01.